The molecule has 0 saturated heterocycles. The van der Waals surface area contributed by atoms with Gasteiger partial charge in [0.15, 0.2) is 0 Å². The van der Waals surface area contributed by atoms with Crippen molar-refractivity contribution in [2.24, 2.45) is 5.10 Å². The van der Waals surface area contributed by atoms with E-state index in [1.54, 1.807) is 35.2 Å². The molecule has 1 heterocycles. The van der Waals surface area contributed by atoms with Crippen LogP contribution in [0.5, 0.6) is 5.75 Å². The summed E-state index contributed by atoms with van der Waals surface area (Å²) >= 11 is 5.89. The molecule has 3 aromatic carbocycles. The van der Waals surface area contributed by atoms with Gasteiger partial charge in [0.2, 0.25) is 0 Å². The summed E-state index contributed by atoms with van der Waals surface area (Å²) in [6, 6.07) is 24.2. The molecule has 0 bridgehead atoms. The van der Waals surface area contributed by atoms with Crippen LogP contribution in [0.15, 0.2) is 90.2 Å². The first-order chi connectivity index (χ1) is 16.1. The maximum absolute atomic E-state index is 12.3. The Labute approximate surface area is 197 Å². The molecule has 1 N–H and O–H groups in total. The van der Waals surface area contributed by atoms with E-state index in [2.05, 4.69) is 17.5 Å². The van der Waals surface area contributed by atoms with Crippen molar-refractivity contribution >= 4 is 23.7 Å². The molecule has 7 heteroatoms. The highest BCUT2D eigenvalue weighted by Crippen LogP contribution is 2.25. The van der Waals surface area contributed by atoms with E-state index in [-0.39, 0.29) is 5.91 Å². The third-order valence-corrected chi connectivity index (χ3v) is 5.09. The predicted octanol–water partition coefficient (Wildman–Crippen LogP) is 5.75. The van der Waals surface area contributed by atoms with Crippen LogP contribution in [0.3, 0.4) is 0 Å². The van der Waals surface area contributed by atoms with E-state index in [9.17, 15) is 4.79 Å². The molecule has 0 aliphatic heterocycles. The standard InChI is InChI=1S/C26H23ClN4O2/c1-2-16-33-24-14-10-19(11-15-24)25-21(18-31(30-25)23-6-4-3-5-7-23)17-28-29-26(32)20-8-12-22(27)13-9-20/h3-15,17-18H,2,16H2,1H3,(H,29,32)/b28-17-. The lowest BCUT2D eigenvalue weighted by Crippen LogP contribution is -2.17. The molecule has 0 aliphatic rings. The third kappa shape index (κ3) is 5.67. The number of rotatable bonds is 8. The van der Waals surface area contributed by atoms with Crippen LogP contribution in [0, 0.1) is 0 Å². The van der Waals surface area contributed by atoms with Crippen LogP contribution in [0.1, 0.15) is 29.3 Å². The van der Waals surface area contributed by atoms with Crippen molar-refractivity contribution in [2.45, 2.75) is 13.3 Å². The summed E-state index contributed by atoms with van der Waals surface area (Å²) in [6.45, 7) is 2.75. The van der Waals surface area contributed by atoms with Crippen molar-refractivity contribution in [2.75, 3.05) is 6.61 Å². The SMILES string of the molecule is CCCOc1ccc(-c2nn(-c3ccccc3)cc2/C=N\NC(=O)c2ccc(Cl)cc2)cc1. The molecule has 0 spiro atoms. The molecule has 33 heavy (non-hydrogen) atoms. The molecule has 1 aromatic heterocycles. The van der Waals surface area contributed by atoms with Crippen LogP contribution in [0.4, 0.5) is 0 Å². The molecule has 4 aromatic rings. The number of nitrogens with one attached hydrogen (secondary N) is 1. The monoisotopic (exact) mass is 458 g/mol. The smallest absolute Gasteiger partial charge is 0.271 e. The normalized spacial score (nSPS) is 11.0. The van der Waals surface area contributed by atoms with E-state index < -0.39 is 0 Å². The number of hydrogen-bond donors (Lipinski definition) is 1. The lowest BCUT2D eigenvalue weighted by molar-refractivity contribution is 0.0955. The fraction of sp³-hybridized carbons (Fsp3) is 0.115. The fourth-order valence-electron chi connectivity index (χ4n) is 3.17. The maximum atomic E-state index is 12.3. The van der Waals surface area contributed by atoms with Gasteiger partial charge < -0.3 is 4.74 Å². The average Bonchev–Trinajstić information content (AvgIpc) is 3.28. The summed E-state index contributed by atoms with van der Waals surface area (Å²) in [5.74, 6) is 0.492. The Morgan fingerprint density at radius 2 is 1.79 bits per heavy atom. The Bertz CT molecular complexity index is 1230. The Hall–Kier alpha value is -3.90. The summed E-state index contributed by atoms with van der Waals surface area (Å²) in [4.78, 5) is 12.3. The Morgan fingerprint density at radius 3 is 2.48 bits per heavy atom. The second kappa shape index (κ2) is 10.6. The van der Waals surface area contributed by atoms with E-state index in [0.29, 0.717) is 17.2 Å². The highest BCUT2D eigenvalue weighted by molar-refractivity contribution is 6.30. The zero-order valence-electron chi connectivity index (χ0n) is 18.1. The van der Waals surface area contributed by atoms with Gasteiger partial charge in [0.05, 0.1) is 18.5 Å². The second-order valence-corrected chi connectivity index (χ2v) is 7.73. The molecule has 0 fully saturated rings. The molecule has 0 saturated carbocycles. The summed E-state index contributed by atoms with van der Waals surface area (Å²) in [6.07, 6.45) is 4.42. The number of nitrogens with zero attached hydrogens (tertiary/aromatic N) is 3. The van der Waals surface area contributed by atoms with Crippen molar-refractivity contribution in [3.8, 4) is 22.7 Å². The van der Waals surface area contributed by atoms with Crippen LogP contribution < -0.4 is 10.2 Å². The Morgan fingerprint density at radius 1 is 1.06 bits per heavy atom. The van der Waals surface area contributed by atoms with Gasteiger partial charge in [0, 0.05) is 27.9 Å². The molecule has 6 nitrogen and oxygen atoms in total. The number of para-hydroxylation sites is 1. The topological polar surface area (TPSA) is 68.5 Å². The van der Waals surface area contributed by atoms with Crippen molar-refractivity contribution < 1.29 is 9.53 Å². The van der Waals surface area contributed by atoms with Crippen LogP contribution in [0.2, 0.25) is 5.02 Å². The molecule has 0 aliphatic carbocycles. The number of benzene rings is 3. The molecule has 0 atom stereocenters. The van der Waals surface area contributed by atoms with Crippen molar-refractivity contribution in [3.05, 3.63) is 101 Å². The second-order valence-electron chi connectivity index (χ2n) is 7.29. The number of ether oxygens (including phenoxy) is 1. The summed E-state index contributed by atoms with van der Waals surface area (Å²) in [5.41, 5.74) is 6.37. The van der Waals surface area contributed by atoms with E-state index in [1.807, 2.05) is 60.8 Å². The molecule has 0 unspecified atom stereocenters. The molecule has 4 rings (SSSR count). The van der Waals surface area contributed by atoms with Crippen LogP contribution in [0.25, 0.3) is 16.9 Å². The molecule has 1 amide bonds. The van der Waals surface area contributed by atoms with Crippen LogP contribution in [-0.2, 0) is 0 Å². The van der Waals surface area contributed by atoms with Gasteiger partial charge in [-0.15, -0.1) is 0 Å². The van der Waals surface area contributed by atoms with Gasteiger partial charge in [-0.25, -0.2) is 10.1 Å². The molecular weight excluding hydrogens is 436 g/mol. The highest BCUT2D eigenvalue weighted by atomic mass is 35.5. The summed E-state index contributed by atoms with van der Waals surface area (Å²) < 4.78 is 7.47. The molecular formula is C26H23ClN4O2. The number of hydrazone groups is 1. The number of halogens is 1. The van der Waals surface area contributed by atoms with Gasteiger partial charge >= 0.3 is 0 Å². The number of hydrogen-bond acceptors (Lipinski definition) is 4. The van der Waals surface area contributed by atoms with E-state index in [0.717, 1.165) is 34.7 Å². The van der Waals surface area contributed by atoms with Gasteiger partial charge in [-0.05, 0) is 67.1 Å². The lowest BCUT2D eigenvalue weighted by atomic mass is 10.1. The average molecular weight is 459 g/mol. The van der Waals surface area contributed by atoms with Gasteiger partial charge in [-0.1, -0.05) is 36.7 Å². The predicted molar refractivity (Wildman–Crippen MR) is 131 cm³/mol. The lowest BCUT2D eigenvalue weighted by Gasteiger charge is -2.05. The first kappa shape index (κ1) is 22.3. The zero-order chi connectivity index (χ0) is 23.0. The van der Waals surface area contributed by atoms with Gasteiger partial charge in [-0.3, -0.25) is 4.79 Å². The largest absolute Gasteiger partial charge is 0.494 e. The van der Waals surface area contributed by atoms with Gasteiger partial charge in [0.1, 0.15) is 11.4 Å². The summed E-state index contributed by atoms with van der Waals surface area (Å²) in [7, 11) is 0. The number of amides is 1. The quantitative estimate of drug-likeness (QED) is 0.270. The van der Waals surface area contributed by atoms with Crippen molar-refractivity contribution in [1.82, 2.24) is 15.2 Å². The van der Waals surface area contributed by atoms with E-state index in [1.165, 1.54) is 0 Å². The Balaban J connectivity index is 1.60. The van der Waals surface area contributed by atoms with Crippen molar-refractivity contribution in [3.63, 3.8) is 0 Å². The summed E-state index contributed by atoms with van der Waals surface area (Å²) in [5, 5.41) is 9.49. The number of carbonyl (C=O) groups excluding carboxylic acids is 1. The molecule has 166 valence electrons. The first-order valence-electron chi connectivity index (χ1n) is 10.6. The minimum Gasteiger partial charge on any atom is -0.494 e. The van der Waals surface area contributed by atoms with E-state index >= 15 is 0 Å². The number of carbonyl (C=O) groups is 1. The minimum atomic E-state index is -0.322. The molecule has 0 radical (unpaired) electrons. The Kier molecular flexibility index (Phi) is 7.17. The van der Waals surface area contributed by atoms with Crippen molar-refractivity contribution in [1.29, 1.82) is 0 Å². The number of aromatic nitrogens is 2. The first-order valence-corrected chi connectivity index (χ1v) is 11.0. The van der Waals surface area contributed by atoms with Crippen LogP contribution >= 0.6 is 11.6 Å². The van der Waals surface area contributed by atoms with Gasteiger partial charge in [0.25, 0.3) is 5.91 Å². The highest BCUT2D eigenvalue weighted by Gasteiger charge is 2.12. The van der Waals surface area contributed by atoms with Crippen LogP contribution in [-0.4, -0.2) is 28.5 Å². The maximum Gasteiger partial charge on any atom is 0.271 e. The van der Waals surface area contributed by atoms with Gasteiger partial charge in [-0.2, -0.15) is 10.2 Å². The fourth-order valence-corrected chi connectivity index (χ4v) is 3.30. The third-order valence-electron chi connectivity index (χ3n) is 4.84. The van der Waals surface area contributed by atoms with E-state index in [4.69, 9.17) is 21.4 Å². The zero-order valence-corrected chi connectivity index (χ0v) is 18.9. The minimum absolute atomic E-state index is 0.322.